The number of carbonyl (C=O) groups excluding carboxylic acids is 2. The molecule has 1 unspecified atom stereocenters. The first-order valence-corrected chi connectivity index (χ1v) is 9.36. The Morgan fingerprint density at radius 2 is 1.96 bits per heavy atom. The number of carbonyl (C=O) groups is 2. The Hall–Kier alpha value is -2.40. The number of rotatable bonds is 7. The Morgan fingerprint density at radius 3 is 2.81 bits per heavy atom. The number of fused-ring (bicyclic) bond motifs is 1. The van der Waals surface area contributed by atoms with Gasteiger partial charge >= 0.3 is 0 Å². The van der Waals surface area contributed by atoms with E-state index in [1.165, 1.54) is 12.8 Å². The number of amides is 2. The molecule has 1 aliphatic heterocycles. The van der Waals surface area contributed by atoms with Crippen LogP contribution in [0.15, 0.2) is 42.5 Å². The standard InChI is InChI=1S/C21H24N2O3/c24-20-12-17(21(25)22-10-11-26-14-15-8-9-15)13-23(20)19-7-3-5-16-4-1-2-6-18(16)19/h1-7,15,17H,8-14H2,(H,22,25). The van der Waals surface area contributed by atoms with Crippen LogP contribution in [0.5, 0.6) is 0 Å². The SMILES string of the molecule is O=C(NCCOCC1CC1)C1CC(=O)N(c2cccc3ccccc23)C1. The van der Waals surface area contributed by atoms with Gasteiger partial charge in [0.05, 0.1) is 18.2 Å². The number of nitrogens with one attached hydrogen (secondary N) is 1. The van der Waals surface area contributed by atoms with E-state index in [4.69, 9.17) is 4.74 Å². The third-order valence-electron chi connectivity index (χ3n) is 5.15. The molecule has 5 nitrogen and oxygen atoms in total. The fourth-order valence-corrected chi connectivity index (χ4v) is 3.48. The zero-order valence-electron chi connectivity index (χ0n) is 14.8. The summed E-state index contributed by atoms with van der Waals surface area (Å²) in [4.78, 5) is 26.7. The van der Waals surface area contributed by atoms with Crippen LogP contribution < -0.4 is 10.2 Å². The van der Waals surface area contributed by atoms with Crippen LogP contribution >= 0.6 is 0 Å². The number of anilines is 1. The van der Waals surface area contributed by atoms with Crippen molar-refractivity contribution in [1.29, 1.82) is 0 Å². The summed E-state index contributed by atoms with van der Waals surface area (Å²) in [6, 6.07) is 13.9. The highest BCUT2D eigenvalue weighted by Gasteiger charge is 2.35. The molecule has 1 saturated heterocycles. The fraction of sp³-hybridized carbons (Fsp3) is 0.429. The van der Waals surface area contributed by atoms with Crippen LogP contribution in [0.4, 0.5) is 5.69 Å². The molecule has 0 bridgehead atoms. The van der Waals surface area contributed by atoms with Gasteiger partial charge in [0, 0.05) is 31.5 Å². The fourth-order valence-electron chi connectivity index (χ4n) is 3.48. The molecular formula is C21H24N2O3. The lowest BCUT2D eigenvalue weighted by atomic mass is 10.1. The minimum Gasteiger partial charge on any atom is -0.379 e. The molecule has 2 fully saturated rings. The summed E-state index contributed by atoms with van der Waals surface area (Å²) in [7, 11) is 0. The van der Waals surface area contributed by atoms with Crippen molar-refractivity contribution in [3.05, 3.63) is 42.5 Å². The van der Waals surface area contributed by atoms with Crippen molar-refractivity contribution in [3.8, 4) is 0 Å². The van der Waals surface area contributed by atoms with Gasteiger partial charge < -0.3 is 15.0 Å². The van der Waals surface area contributed by atoms with Gasteiger partial charge in [-0.05, 0) is 30.2 Å². The molecule has 1 atom stereocenters. The highest BCUT2D eigenvalue weighted by atomic mass is 16.5. The van der Waals surface area contributed by atoms with Crippen LogP contribution in [-0.4, -0.2) is 38.1 Å². The Labute approximate surface area is 153 Å². The number of benzene rings is 2. The molecule has 26 heavy (non-hydrogen) atoms. The predicted molar refractivity (Wildman–Crippen MR) is 101 cm³/mol. The van der Waals surface area contributed by atoms with E-state index in [1.54, 1.807) is 4.90 Å². The number of hydrogen-bond acceptors (Lipinski definition) is 3. The van der Waals surface area contributed by atoms with Crippen molar-refractivity contribution in [2.45, 2.75) is 19.3 Å². The maximum Gasteiger partial charge on any atom is 0.227 e. The second-order valence-corrected chi connectivity index (χ2v) is 7.21. The summed E-state index contributed by atoms with van der Waals surface area (Å²) >= 11 is 0. The topological polar surface area (TPSA) is 58.6 Å². The quantitative estimate of drug-likeness (QED) is 0.780. The summed E-state index contributed by atoms with van der Waals surface area (Å²) < 4.78 is 5.54. The predicted octanol–water partition coefficient (Wildman–Crippen LogP) is 2.74. The van der Waals surface area contributed by atoms with Crippen LogP contribution in [0.3, 0.4) is 0 Å². The van der Waals surface area contributed by atoms with Gasteiger partial charge in [-0.2, -0.15) is 0 Å². The maximum absolute atomic E-state index is 12.5. The van der Waals surface area contributed by atoms with E-state index in [0.29, 0.717) is 19.7 Å². The smallest absolute Gasteiger partial charge is 0.227 e. The van der Waals surface area contributed by atoms with Gasteiger partial charge in [-0.3, -0.25) is 9.59 Å². The first kappa shape index (κ1) is 17.0. The lowest BCUT2D eigenvalue weighted by molar-refractivity contribution is -0.126. The van der Waals surface area contributed by atoms with Crippen molar-refractivity contribution in [3.63, 3.8) is 0 Å². The van der Waals surface area contributed by atoms with Crippen LogP contribution in [0, 0.1) is 11.8 Å². The molecule has 0 spiro atoms. The summed E-state index contributed by atoms with van der Waals surface area (Å²) in [5.41, 5.74) is 0.885. The van der Waals surface area contributed by atoms with Gasteiger partial charge in [0.15, 0.2) is 0 Å². The van der Waals surface area contributed by atoms with Gasteiger partial charge in [0.2, 0.25) is 11.8 Å². The van der Waals surface area contributed by atoms with E-state index in [1.807, 2.05) is 42.5 Å². The van der Waals surface area contributed by atoms with Crippen molar-refractivity contribution < 1.29 is 14.3 Å². The Balaban J connectivity index is 1.36. The summed E-state index contributed by atoms with van der Waals surface area (Å²) in [5, 5.41) is 5.04. The monoisotopic (exact) mass is 352 g/mol. The number of nitrogens with zero attached hydrogens (tertiary/aromatic N) is 1. The first-order valence-electron chi connectivity index (χ1n) is 9.36. The average molecular weight is 352 g/mol. The minimum atomic E-state index is -0.301. The Bertz CT molecular complexity index is 811. The lowest BCUT2D eigenvalue weighted by Gasteiger charge is -2.19. The van der Waals surface area contributed by atoms with Gasteiger partial charge in [-0.15, -0.1) is 0 Å². The van der Waals surface area contributed by atoms with Crippen LogP contribution in [0.1, 0.15) is 19.3 Å². The molecule has 2 aromatic rings. The van der Waals surface area contributed by atoms with E-state index in [9.17, 15) is 9.59 Å². The molecule has 4 rings (SSSR count). The van der Waals surface area contributed by atoms with Crippen molar-refractivity contribution in [2.24, 2.45) is 11.8 Å². The molecule has 0 radical (unpaired) electrons. The molecule has 2 aliphatic rings. The molecule has 0 aromatic heterocycles. The second-order valence-electron chi connectivity index (χ2n) is 7.21. The molecule has 136 valence electrons. The number of hydrogen-bond donors (Lipinski definition) is 1. The van der Waals surface area contributed by atoms with E-state index in [2.05, 4.69) is 5.32 Å². The van der Waals surface area contributed by atoms with E-state index in [-0.39, 0.29) is 24.2 Å². The molecule has 1 heterocycles. The van der Waals surface area contributed by atoms with Crippen LogP contribution in [-0.2, 0) is 14.3 Å². The van der Waals surface area contributed by atoms with Crippen LogP contribution in [0.2, 0.25) is 0 Å². The van der Waals surface area contributed by atoms with E-state index < -0.39 is 0 Å². The summed E-state index contributed by atoms with van der Waals surface area (Å²) in [6.07, 6.45) is 2.79. The highest BCUT2D eigenvalue weighted by molar-refractivity contribution is 6.06. The lowest BCUT2D eigenvalue weighted by Crippen LogP contribution is -2.35. The first-order chi connectivity index (χ1) is 12.7. The Kier molecular flexibility index (Phi) is 4.89. The zero-order valence-corrected chi connectivity index (χ0v) is 14.8. The molecule has 5 heteroatoms. The van der Waals surface area contributed by atoms with Crippen LogP contribution in [0.25, 0.3) is 10.8 Å². The third kappa shape index (κ3) is 3.73. The van der Waals surface area contributed by atoms with Crippen molar-refractivity contribution in [1.82, 2.24) is 5.32 Å². The average Bonchev–Trinajstić information content (AvgIpc) is 3.41. The summed E-state index contributed by atoms with van der Waals surface area (Å²) in [6.45, 7) is 2.27. The molecule has 2 amide bonds. The van der Waals surface area contributed by atoms with Gasteiger partial charge in [0.25, 0.3) is 0 Å². The normalized spacial score (nSPS) is 19.9. The van der Waals surface area contributed by atoms with Gasteiger partial charge in [-0.1, -0.05) is 36.4 Å². The van der Waals surface area contributed by atoms with Gasteiger partial charge in [-0.25, -0.2) is 0 Å². The highest BCUT2D eigenvalue weighted by Crippen LogP contribution is 2.31. The second kappa shape index (κ2) is 7.46. The number of ether oxygens (including phenoxy) is 1. The zero-order chi connectivity index (χ0) is 17.9. The van der Waals surface area contributed by atoms with Crippen molar-refractivity contribution >= 4 is 28.3 Å². The molecule has 1 saturated carbocycles. The maximum atomic E-state index is 12.5. The molecule has 1 aliphatic carbocycles. The van der Waals surface area contributed by atoms with E-state index >= 15 is 0 Å². The van der Waals surface area contributed by atoms with Gasteiger partial charge in [0.1, 0.15) is 0 Å². The minimum absolute atomic E-state index is 0.00601. The Morgan fingerprint density at radius 1 is 1.15 bits per heavy atom. The largest absolute Gasteiger partial charge is 0.379 e. The van der Waals surface area contributed by atoms with Crippen molar-refractivity contribution in [2.75, 3.05) is 31.2 Å². The summed E-state index contributed by atoms with van der Waals surface area (Å²) in [5.74, 6) is 0.375. The molecular weight excluding hydrogens is 328 g/mol. The molecule has 2 aromatic carbocycles. The molecule has 1 N–H and O–H groups in total. The van der Waals surface area contributed by atoms with E-state index in [0.717, 1.165) is 29.0 Å². The third-order valence-corrected chi connectivity index (χ3v) is 5.15.